The van der Waals surface area contributed by atoms with Gasteiger partial charge in [0, 0.05) is 64.9 Å². The fraction of sp³-hybridized carbons (Fsp3) is 0.625. The first-order valence-electron chi connectivity index (χ1n) is 15.7. The van der Waals surface area contributed by atoms with E-state index in [2.05, 4.69) is 10.6 Å². The lowest BCUT2D eigenvalue weighted by molar-refractivity contribution is -0.140. The summed E-state index contributed by atoms with van der Waals surface area (Å²) in [6.45, 7) is 4.10. The molecular formula is C32H47ClN6O6. The first kappa shape index (κ1) is 34.5. The van der Waals surface area contributed by atoms with Gasteiger partial charge in [-0.3, -0.25) is 19.2 Å². The normalized spacial score (nSPS) is 19.0. The number of halogens is 1. The van der Waals surface area contributed by atoms with Crippen molar-refractivity contribution in [2.75, 3.05) is 60.5 Å². The molecule has 0 spiro atoms. The van der Waals surface area contributed by atoms with Crippen LogP contribution in [0.2, 0.25) is 0 Å². The van der Waals surface area contributed by atoms with E-state index in [1.807, 2.05) is 12.1 Å². The Labute approximate surface area is 271 Å². The van der Waals surface area contributed by atoms with E-state index in [9.17, 15) is 19.2 Å². The predicted octanol–water partition coefficient (Wildman–Crippen LogP) is 2.04. The SMILES string of the molecule is CNC(C)C(=O)N[C@H](C(=O)N1CCN(C(=O)c2c(C(=O)N3CC(OC)C3)c3ccc(OC)cc3n2C)CC1)C1CCCCC1.Cl. The van der Waals surface area contributed by atoms with Gasteiger partial charge >= 0.3 is 0 Å². The summed E-state index contributed by atoms with van der Waals surface area (Å²) in [6.07, 6.45) is 5.06. The molecule has 3 heterocycles. The van der Waals surface area contributed by atoms with Crippen LogP contribution in [0.25, 0.3) is 10.9 Å². The molecule has 2 atom stereocenters. The van der Waals surface area contributed by atoms with Gasteiger partial charge in [-0.2, -0.15) is 0 Å². The second kappa shape index (κ2) is 14.8. The lowest BCUT2D eigenvalue weighted by Crippen LogP contribution is -2.59. The van der Waals surface area contributed by atoms with Crippen molar-refractivity contribution in [1.29, 1.82) is 0 Å². The van der Waals surface area contributed by atoms with Crippen LogP contribution in [0.15, 0.2) is 18.2 Å². The number of amides is 4. The zero-order valence-electron chi connectivity index (χ0n) is 27.0. The Morgan fingerprint density at radius 2 is 1.56 bits per heavy atom. The highest BCUT2D eigenvalue weighted by Gasteiger charge is 2.39. The molecule has 248 valence electrons. The molecule has 0 radical (unpaired) electrons. The molecule has 1 aromatic carbocycles. The van der Waals surface area contributed by atoms with Crippen molar-refractivity contribution in [2.45, 2.75) is 57.2 Å². The molecule has 2 aliphatic heterocycles. The largest absolute Gasteiger partial charge is 0.497 e. The highest BCUT2D eigenvalue weighted by molar-refractivity contribution is 6.16. The van der Waals surface area contributed by atoms with E-state index in [1.54, 1.807) is 60.6 Å². The molecule has 4 amide bonds. The molecule has 1 aromatic heterocycles. The summed E-state index contributed by atoms with van der Waals surface area (Å²) in [5.41, 5.74) is 1.43. The molecule has 3 aliphatic rings. The third kappa shape index (κ3) is 6.92. The molecule has 5 rings (SSSR count). The summed E-state index contributed by atoms with van der Waals surface area (Å²) in [4.78, 5) is 59.8. The maximum Gasteiger partial charge on any atom is 0.271 e. The monoisotopic (exact) mass is 646 g/mol. The van der Waals surface area contributed by atoms with E-state index in [-0.39, 0.29) is 48.1 Å². The van der Waals surface area contributed by atoms with Gasteiger partial charge in [0.05, 0.1) is 30.3 Å². The van der Waals surface area contributed by atoms with Crippen LogP contribution in [0.3, 0.4) is 0 Å². The van der Waals surface area contributed by atoms with Gasteiger partial charge in [-0.15, -0.1) is 12.4 Å². The molecule has 2 aromatic rings. The van der Waals surface area contributed by atoms with Gasteiger partial charge in [-0.05, 0) is 44.9 Å². The molecule has 45 heavy (non-hydrogen) atoms. The van der Waals surface area contributed by atoms with Crippen molar-refractivity contribution in [3.63, 3.8) is 0 Å². The smallest absolute Gasteiger partial charge is 0.271 e. The summed E-state index contributed by atoms with van der Waals surface area (Å²) in [5.74, 6) is 0.0161. The number of ether oxygens (including phenoxy) is 2. The van der Waals surface area contributed by atoms with E-state index < -0.39 is 12.1 Å². The predicted molar refractivity (Wildman–Crippen MR) is 173 cm³/mol. The molecule has 2 saturated heterocycles. The van der Waals surface area contributed by atoms with E-state index in [0.29, 0.717) is 61.7 Å². The zero-order valence-corrected chi connectivity index (χ0v) is 27.8. The molecule has 13 heteroatoms. The summed E-state index contributed by atoms with van der Waals surface area (Å²) in [5, 5.41) is 6.68. The van der Waals surface area contributed by atoms with Crippen LogP contribution in [0, 0.1) is 5.92 Å². The molecule has 2 N–H and O–H groups in total. The highest BCUT2D eigenvalue weighted by atomic mass is 35.5. The summed E-state index contributed by atoms with van der Waals surface area (Å²) >= 11 is 0. The number of likely N-dealkylation sites (tertiary alicyclic amines) is 1. The van der Waals surface area contributed by atoms with Crippen LogP contribution in [0.4, 0.5) is 0 Å². The average Bonchev–Trinajstić information content (AvgIpc) is 3.33. The number of piperazine rings is 1. The molecule has 1 saturated carbocycles. The number of aryl methyl sites for hydroxylation is 1. The summed E-state index contributed by atoms with van der Waals surface area (Å²) in [6, 6.07) is 4.48. The average molecular weight is 647 g/mol. The number of hydrogen-bond donors (Lipinski definition) is 2. The van der Waals surface area contributed by atoms with Crippen molar-refractivity contribution < 1.29 is 28.7 Å². The molecule has 1 unspecified atom stereocenters. The molecule has 3 fully saturated rings. The lowest BCUT2D eigenvalue weighted by atomic mass is 9.83. The van der Waals surface area contributed by atoms with E-state index in [0.717, 1.165) is 37.6 Å². The maximum absolute atomic E-state index is 14.1. The van der Waals surface area contributed by atoms with Crippen LogP contribution in [0.1, 0.15) is 59.9 Å². The summed E-state index contributed by atoms with van der Waals surface area (Å²) < 4.78 is 12.6. The number of fused-ring (bicyclic) bond motifs is 1. The lowest BCUT2D eigenvalue weighted by Gasteiger charge is -2.39. The van der Waals surface area contributed by atoms with Crippen molar-refractivity contribution in [3.05, 3.63) is 29.5 Å². The van der Waals surface area contributed by atoms with Crippen LogP contribution >= 0.6 is 12.4 Å². The third-order valence-electron chi connectivity index (χ3n) is 9.68. The fourth-order valence-corrected chi connectivity index (χ4v) is 6.66. The molecule has 0 bridgehead atoms. The number of carbonyl (C=O) groups excluding carboxylic acids is 4. The van der Waals surface area contributed by atoms with Crippen molar-refractivity contribution in [3.8, 4) is 5.75 Å². The van der Waals surface area contributed by atoms with Crippen LogP contribution in [-0.4, -0.2) is 122 Å². The number of nitrogens with zero attached hydrogens (tertiary/aromatic N) is 4. The first-order chi connectivity index (χ1) is 21.2. The van der Waals surface area contributed by atoms with Gasteiger partial charge in [-0.1, -0.05) is 19.3 Å². The van der Waals surface area contributed by atoms with Crippen molar-refractivity contribution in [1.82, 2.24) is 29.9 Å². The number of aromatic nitrogens is 1. The van der Waals surface area contributed by atoms with Gasteiger partial charge in [0.2, 0.25) is 11.8 Å². The number of hydrogen-bond acceptors (Lipinski definition) is 7. The Kier molecular flexibility index (Phi) is 11.4. The van der Waals surface area contributed by atoms with E-state index >= 15 is 0 Å². The molecule has 1 aliphatic carbocycles. The first-order valence-corrected chi connectivity index (χ1v) is 15.7. The second-order valence-electron chi connectivity index (χ2n) is 12.2. The number of methoxy groups -OCH3 is 2. The maximum atomic E-state index is 14.1. The Morgan fingerprint density at radius 1 is 0.911 bits per heavy atom. The minimum absolute atomic E-state index is 0. The van der Waals surface area contributed by atoms with Crippen LogP contribution in [-0.2, 0) is 21.4 Å². The minimum Gasteiger partial charge on any atom is -0.497 e. The van der Waals surface area contributed by atoms with Gasteiger partial charge in [-0.25, -0.2) is 0 Å². The zero-order chi connectivity index (χ0) is 31.5. The quantitative estimate of drug-likeness (QED) is 0.427. The Morgan fingerprint density at radius 3 is 2.16 bits per heavy atom. The number of likely N-dealkylation sites (N-methyl/N-ethyl adjacent to an activating group) is 1. The van der Waals surface area contributed by atoms with Gasteiger partial charge < -0.3 is 39.4 Å². The second-order valence-corrected chi connectivity index (χ2v) is 12.2. The summed E-state index contributed by atoms with van der Waals surface area (Å²) in [7, 11) is 6.73. The topological polar surface area (TPSA) is 125 Å². The van der Waals surface area contributed by atoms with Gasteiger partial charge in [0.15, 0.2) is 0 Å². The standard InChI is InChI=1S/C32H46N6O6.ClH/c1-20(33-2)29(39)34-27(21-9-7-6-8-10-21)31(41)36-13-15-37(16-14-36)32(42)28-26(30(40)38-18-23(19-38)44-5)24-12-11-22(43-4)17-25(24)35(28)3;/h11-12,17,20-21,23,27,33H,6-10,13-16,18-19H2,1-5H3,(H,34,39);1H/t20?,27-;/m0./s1. The number of benzene rings is 1. The van der Waals surface area contributed by atoms with E-state index in [4.69, 9.17) is 9.47 Å². The Hall–Kier alpha value is -3.35. The van der Waals surface area contributed by atoms with Gasteiger partial charge in [0.1, 0.15) is 17.5 Å². The Bertz CT molecular complexity index is 1390. The minimum atomic E-state index is -0.578. The molecular weight excluding hydrogens is 600 g/mol. The molecule has 12 nitrogen and oxygen atoms in total. The van der Waals surface area contributed by atoms with E-state index in [1.165, 1.54) is 0 Å². The van der Waals surface area contributed by atoms with Crippen LogP contribution in [0.5, 0.6) is 5.75 Å². The highest BCUT2D eigenvalue weighted by Crippen LogP contribution is 2.32. The van der Waals surface area contributed by atoms with Gasteiger partial charge in [0.25, 0.3) is 11.8 Å². The number of carbonyl (C=O) groups is 4. The van der Waals surface area contributed by atoms with Crippen molar-refractivity contribution in [2.24, 2.45) is 13.0 Å². The van der Waals surface area contributed by atoms with Crippen molar-refractivity contribution >= 4 is 46.9 Å². The fourth-order valence-electron chi connectivity index (χ4n) is 6.66. The number of nitrogens with one attached hydrogen (secondary N) is 2. The number of rotatable bonds is 9. The van der Waals surface area contributed by atoms with Crippen LogP contribution < -0.4 is 15.4 Å². The third-order valence-corrected chi connectivity index (χ3v) is 9.68. The Balaban J connectivity index is 0.00000461.